The van der Waals surface area contributed by atoms with Gasteiger partial charge >= 0.3 is 5.92 Å². The Bertz CT molecular complexity index is 1710. The van der Waals surface area contributed by atoms with Gasteiger partial charge in [0.05, 0.1) is 17.3 Å². The number of anilines is 1. The summed E-state index contributed by atoms with van der Waals surface area (Å²) in [6.45, 7) is 5.56. The van der Waals surface area contributed by atoms with E-state index < -0.39 is 47.1 Å². The van der Waals surface area contributed by atoms with Crippen LogP contribution in [0.2, 0.25) is 0 Å². The van der Waals surface area contributed by atoms with E-state index >= 15 is 13.2 Å². The van der Waals surface area contributed by atoms with Crippen molar-refractivity contribution < 1.29 is 32.3 Å². The Kier molecular flexibility index (Phi) is 12.1. The highest BCUT2D eigenvalue weighted by Gasteiger charge is 2.44. The maximum atomic E-state index is 15.5. The normalized spacial score (nSPS) is 15.3. The minimum atomic E-state index is -4.10. The molecule has 4 rings (SSSR count). The zero-order valence-electron chi connectivity index (χ0n) is 27.5. The van der Waals surface area contributed by atoms with Crippen molar-refractivity contribution >= 4 is 29.3 Å². The Labute approximate surface area is 283 Å². The third-order valence-corrected chi connectivity index (χ3v) is 8.53. The van der Waals surface area contributed by atoms with Crippen LogP contribution in [-0.2, 0) is 31.5 Å². The SMILES string of the molecule is CCC(=O)N[C@H](Cc1ccc(NC(=O)C(NC(=O)C(F)(F)c2cccc(C#N)c2)[C@@H](C)c2ccccc2)c(F)c1)C(=O)N1CCN(C)CC1. The van der Waals surface area contributed by atoms with E-state index in [0.29, 0.717) is 37.3 Å². The van der Waals surface area contributed by atoms with Crippen LogP contribution < -0.4 is 16.0 Å². The van der Waals surface area contributed by atoms with Crippen LogP contribution in [0.15, 0.2) is 72.8 Å². The van der Waals surface area contributed by atoms with E-state index in [1.54, 1.807) is 55.1 Å². The van der Waals surface area contributed by atoms with E-state index in [-0.39, 0.29) is 35.9 Å². The van der Waals surface area contributed by atoms with E-state index in [0.717, 1.165) is 18.2 Å². The number of amides is 4. The number of carbonyl (C=O) groups is 4. The second kappa shape index (κ2) is 16.3. The van der Waals surface area contributed by atoms with Crippen LogP contribution in [0.1, 0.15) is 48.4 Å². The first-order valence-electron chi connectivity index (χ1n) is 15.9. The highest BCUT2D eigenvalue weighted by molar-refractivity contribution is 5.99. The molecule has 3 atom stereocenters. The van der Waals surface area contributed by atoms with Crippen molar-refractivity contribution in [2.24, 2.45) is 0 Å². The predicted octanol–water partition coefficient (Wildman–Crippen LogP) is 3.93. The summed E-state index contributed by atoms with van der Waals surface area (Å²) in [4.78, 5) is 56.0. The molecule has 3 aromatic carbocycles. The fourth-order valence-electron chi connectivity index (χ4n) is 5.49. The van der Waals surface area contributed by atoms with Gasteiger partial charge in [-0.2, -0.15) is 14.0 Å². The number of nitriles is 1. The number of hydrogen-bond acceptors (Lipinski definition) is 6. The quantitative estimate of drug-likeness (QED) is 0.266. The zero-order chi connectivity index (χ0) is 35.7. The summed E-state index contributed by atoms with van der Waals surface area (Å²) >= 11 is 0. The van der Waals surface area contributed by atoms with Gasteiger partial charge in [-0.1, -0.05) is 62.4 Å². The van der Waals surface area contributed by atoms with E-state index in [2.05, 4.69) is 20.9 Å². The van der Waals surface area contributed by atoms with Crippen LogP contribution in [0.4, 0.5) is 18.9 Å². The number of nitrogens with zero attached hydrogens (tertiary/aromatic N) is 3. The van der Waals surface area contributed by atoms with E-state index in [1.165, 1.54) is 24.3 Å². The third-order valence-electron chi connectivity index (χ3n) is 8.53. The average Bonchev–Trinajstić information content (AvgIpc) is 3.11. The summed E-state index contributed by atoms with van der Waals surface area (Å²) in [5.74, 6) is -9.12. The van der Waals surface area contributed by atoms with Gasteiger partial charge in [0.15, 0.2) is 0 Å². The van der Waals surface area contributed by atoms with E-state index in [1.807, 2.05) is 7.05 Å². The molecule has 3 N–H and O–H groups in total. The molecule has 1 unspecified atom stereocenters. The second-order valence-electron chi connectivity index (χ2n) is 12.0. The van der Waals surface area contributed by atoms with Crippen molar-refractivity contribution in [3.8, 4) is 6.07 Å². The molecule has 10 nitrogen and oxygen atoms in total. The second-order valence-corrected chi connectivity index (χ2v) is 12.0. The third kappa shape index (κ3) is 9.23. The fraction of sp³-hybridized carbons (Fsp3) is 0.361. The molecule has 1 fully saturated rings. The lowest BCUT2D eigenvalue weighted by Gasteiger charge is -2.34. The molecule has 49 heavy (non-hydrogen) atoms. The van der Waals surface area contributed by atoms with Crippen molar-refractivity contribution in [3.63, 3.8) is 0 Å². The Morgan fingerprint density at radius 1 is 0.939 bits per heavy atom. The van der Waals surface area contributed by atoms with Gasteiger partial charge in [0.1, 0.15) is 17.9 Å². The van der Waals surface area contributed by atoms with Crippen molar-refractivity contribution in [2.75, 3.05) is 38.5 Å². The highest BCUT2D eigenvalue weighted by Crippen LogP contribution is 2.30. The van der Waals surface area contributed by atoms with Crippen LogP contribution in [0.3, 0.4) is 0 Å². The summed E-state index contributed by atoms with van der Waals surface area (Å²) in [5.41, 5.74) is -0.142. The Balaban J connectivity index is 1.55. The zero-order valence-corrected chi connectivity index (χ0v) is 27.5. The summed E-state index contributed by atoms with van der Waals surface area (Å²) in [6, 6.07) is 16.0. The molecular formula is C36H39F3N6O4. The molecule has 1 aliphatic rings. The molecule has 1 heterocycles. The molecule has 13 heteroatoms. The molecular weight excluding hydrogens is 637 g/mol. The molecule has 0 aliphatic carbocycles. The highest BCUT2D eigenvalue weighted by atomic mass is 19.3. The number of rotatable bonds is 12. The minimum Gasteiger partial charge on any atom is -0.344 e. The molecule has 3 aromatic rings. The van der Waals surface area contributed by atoms with Gasteiger partial charge in [-0.3, -0.25) is 19.2 Å². The fourth-order valence-corrected chi connectivity index (χ4v) is 5.49. The van der Waals surface area contributed by atoms with E-state index in [4.69, 9.17) is 5.26 Å². The molecule has 0 spiro atoms. The Morgan fingerprint density at radius 3 is 2.27 bits per heavy atom. The number of hydrogen-bond donors (Lipinski definition) is 3. The first-order valence-corrected chi connectivity index (χ1v) is 15.9. The summed E-state index contributed by atoms with van der Waals surface area (Å²) in [5, 5.41) is 16.4. The Hall–Kier alpha value is -5.22. The molecule has 4 amide bonds. The van der Waals surface area contributed by atoms with Gasteiger partial charge in [-0.15, -0.1) is 0 Å². The number of carbonyl (C=O) groups excluding carboxylic acids is 4. The Morgan fingerprint density at radius 2 is 1.63 bits per heavy atom. The van der Waals surface area contributed by atoms with Crippen molar-refractivity contribution in [2.45, 2.75) is 50.6 Å². The summed E-state index contributed by atoms with van der Waals surface area (Å²) < 4.78 is 46.1. The number of halogens is 3. The first kappa shape index (κ1) is 36.6. The number of likely N-dealkylation sites (N-methyl/N-ethyl adjacent to an activating group) is 1. The van der Waals surface area contributed by atoms with Gasteiger partial charge in [-0.05, 0) is 42.4 Å². The van der Waals surface area contributed by atoms with Crippen molar-refractivity contribution in [3.05, 3.63) is 101 Å². The molecule has 1 aliphatic heterocycles. The minimum absolute atomic E-state index is 0.00608. The average molecular weight is 677 g/mol. The number of benzene rings is 3. The summed E-state index contributed by atoms with van der Waals surface area (Å²) in [6.07, 6.45) is 0.150. The lowest BCUT2D eigenvalue weighted by atomic mass is 9.92. The first-order chi connectivity index (χ1) is 23.3. The van der Waals surface area contributed by atoms with Crippen molar-refractivity contribution in [1.29, 1.82) is 5.26 Å². The van der Waals surface area contributed by atoms with Crippen LogP contribution in [0.25, 0.3) is 0 Å². The molecule has 0 radical (unpaired) electrons. The van der Waals surface area contributed by atoms with Crippen LogP contribution in [0, 0.1) is 17.1 Å². The van der Waals surface area contributed by atoms with Gasteiger partial charge in [0.2, 0.25) is 17.7 Å². The number of piperazine rings is 1. The van der Waals surface area contributed by atoms with Crippen LogP contribution in [-0.4, -0.2) is 78.7 Å². The smallest absolute Gasteiger partial charge is 0.344 e. The standard InChI is InChI=1S/C36H39F3N6O4/c1-4-31(46)41-30(34(48)45-17-15-44(3)16-18-45)21-24-13-14-29(28(37)20-24)42-33(47)32(23(2)26-10-6-5-7-11-26)43-35(49)36(38,39)27-12-8-9-25(19-27)22-40/h5-14,19-20,23,30,32H,4,15-18,21H2,1-3H3,(H,41,46)(H,42,47)(H,43,49)/t23-,30+,32?/m0/s1. The van der Waals surface area contributed by atoms with Gasteiger partial charge in [0, 0.05) is 50.5 Å². The molecule has 0 saturated carbocycles. The molecule has 258 valence electrons. The lowest BCUT2D eigenvalue weighted by Crippen LogP contribution is -2.54. The maximum Gasteiger partial charge on any atom is 0.349 e. The van der Waals surface area contributed by atoms with Gasteiger partial charge in [-0.25, -0.2) is 4.39 Å². The van der Waals surface area contributed by atoms with Crippen molar-refractivity contribution in [1.82, 2.24) is 20.4 Å². The van der Waals surface area contributed by atoms with Gasteiger partial charge < -0.3 is 25.8 Å². The predicted molar refractivity (Wildman–Crippen MR) is 177 cm³/mol. The maximum absolute atomic E-state index is 15.5. The summed E-state index contributed by atoms with van der Waals surface area (Å²) in [7, 11) is 1.95. The molecule has 0 aromatic heterocycles. The van der Waals surface area contributed by atoms with Crippen LogP contribution in [0.5, 0.6) is 0 Å². The van der Waals surface area contributed by atoms with Crippen LogP contribution >= 0.6 is 0 Å². The largest absolute Gasteiger partial charge is 0.349 e. The monoisotopic (exact) mass is 676 g/mol. The number of alkyl halides is 2. The molecule has 1 saturated heterocycles. The van der Waals surface area contributed by atoms with Gasteiger partial charge in [0.25, 0.3) is 5.91 Å². The lowest BCUT2D eigenvalue weighted by molar-refractivity contribution is -0.149. The topological polar surface area (TPSA) is 135 Å². The number of nitrogens with one attached hydrogen (secondary N) is 3. The van der Waals surface area contributed by atoms with E-state index in [9.17, 15) is 19.2 Å². The molecule has 0 bridgehead atoms.